The van der Waals surface area contributed by atoms with Gasteiger partial charge in [0.15, 0.2) is 9.84 Å². The van der Waals surface area contributed by atoms with Crippen LogP contribution in [-0.2, 0) is 14.6 Å². The van der Waals surface area contributed by atoms with Crippen LogP contribution in [0.15, 0.2) is 24.3 Å². The number of hydrogen-bond acceptors (Lipinski definition) is 7. The SMILES string of the molecule is C[C@@H](C#N)NC(=O)[C@@H]1C[C@@H](F)CC[C@H]1c1nc(C2CC(F)(F)C2)sc1-c1ccc(N2CCS(=O)(=O)CC2)cc1. The van der Waals surface area contributed by atoms with Gasteiger partial charge in [-0.3, -0.25) is 4.79 Å². The monoisotopic (exact) mass is 580 g/mol. The Hall–Kier alpha value is -2.65. The molecule has 12 heteroatoms. The smallest absolute Gasteiger partial charge is 0.249 e. The summed E-state index contributed by atoms with van der Waals surface area (Å²) in [5.41, 5.74) is 2.33. The van der Waals surface area contributed by atoms with Gasteiger partial charge in [-0.05, 0) is 43.9 Å². The molecule has 2 heterocycles. The Balaban J connectivity index is 1.47. The van der Waals surface area contributed by atoms with Crippen molar-refractivity contribution in [2.24, 2.45) is 5.92 Å². The van der Waals surface area contributed by atoms with Crippen LogP contribution in [0.2, 0.25) is 0 Å². The molecule has 2 saturated carbocycles. The number of benzene rings is 1. The van der Waals surface area contributed by atoms with Crippen LogP contribution in [-0.4, -0.2) is 62.0 Å². The average molecular weight is 581 g/mol. The number of alkyl halides is 3. The number of carbonyl (C=O) groups is 1. The number of carbonyl (C=O) groups excluding carboxylic acids is 1. The van der Waals surface area contributed by atoms with E-state index in [0.29, 0.717) is 30.2 Å². The molecule has 0 spiro atoms. The highest BCUT2D eigenvalue weighted by molar-refractivity contribution is 7.91. The maximum absolute atomic E-state index is 14.5. The molecule has 5 rings (SSSR count). The van der Waals surface area contributed by atoms with E-state index in [0.717, 1.165) is 16.1 Å². The first-order valence-corrected chi connectivity index (χ1v) is 15.9. The number of rotatable bonds is 6. The number of nitrogens with one attached hydrogen (secondary N) is 1. The third-order valence-corrected chi connectivity index (χ3v) is 10.9. The summed E-state index contributed by atoms with van der Waals surface area (Å²) in [6.45, 7) is 2.39. The molecule has 39 heavy (non-hydrogen) atoms. The standard InChI is InChI=1S/C27H31F3N4O3S2/c1-16(15-31)32-25(35)22-12-19(28)4-7-21(22)23-24(38-26(33-23)18-13-27(29,30)14-18)17-2-5-20(6-3-17)34-8-10-39(36,37)11-9-34/h2-3,5-6,16,18-19,21-22H,4,7-14H2,1H3,(H,32,35)/t16-,19-,21+,22+/m0/s1. The molecule has 1 aromatic carbocycles. The van der Waals surface area contributed by atoms with Gasteiger partial charge in [0, 0.05) is 49.4 Å². The third-order valence-electron chi connectivity index (χ3n) is 7.97. The van der Waals surface area contributed by atoms with E-state index in [1.807, 2.05) is 35.2 Å². The number of sulfone groups is 1. The summed E-state index contributed by atoms with van der Waals surface area (Å²) in [6.07, 6.45) is -1.01. The van der Waals surface area contributed by atoms with Crippen molar-refractivity contribution in [3.8, 4) is 16.5 Å². The second kappa shape index (κ2) is 10.7. The zero-order chi connectivity index (χ0) is 27.9. The summed E-state index contributed by atoms with van der Waals surface area (Å²) < 4.78 is 65.5. The first-order valence-electron chi connectivity index (χ1n) is 13.2. The predicted molar refractivity (Wildman–Crippen MR) is 144 cm³/mol. The summed E-state index contributed by atoms with van der Waals surface area (Å²) >= 11 is 1.35. The van der Waals surface area contributed by atoms with E-state index < -0.39 is 45.7 Å². The molecule has 1 N–H and O–H groups in total. The quantitative estimate of drug-likeness (QED) is 0.526. The van der Waals surface area contributed by atoms with Crippen LogP contribution < -0.4 is 10.2 Å². The van der Waals surface area contributed by atoms with Crippen molar-refractivity contribution in [2.75, 3.05) is 29.5 Å². The fraction of sp³-hybridized carbons (Fsp3) is 0.593. The summed E-state index contributed by atoms with van der Waals surface area (Å²) in [6, 6.07) is 8.87. The van der Waals surface area contributed by atoms with Crippen molar-refractivity contribution >= 4 is 32.8 Å². The average Bonchev–Trinajstić information content (AvgIpc) is 3.32. The Kier molecular flexibility index (Phi) is 7.68. The van der Waals surface area contributed by atoms with Crippen molar-refractivity contribution < 1.29 is 26.4 Å². The van der Waals surface area contributed by atoms with Crippen LogP contribution in [0, 0.1) is 17.2 Å². The fourth-order valence-corrected chi connectivity index (χ4v) is 8.14. The molecule has 0 unspecified atom stereocenters. The lowest BCUT2D eigenvalue weighted by Gasteiger charge is -2.34. The lowest BCUT2D eigenvalue weighted by atomic mass is 9.75. The summed E-state index contributed by atoms with van der Waals surface area (Å²) in [5.74, 6) is -4.39. The lowest BCUT2D eigenvalue weighted by Crippen LogP contribution is -2.42. The van der Waals surface area contributed by atoms with Crippen molar-refractivity contribution in [3.63, 3.8) is 0 Å². The molecule has 1 aliphatic heterocycles. The second-order valence-corrected chi connectivity index (χ2v) is 14.2. The first-order chi connectivity index (χ1) is 18.4. The third kappa shape index (κ3) is 6.09. The maximum atomic E-state index is 14.5. The van der Waals surface area contributed by atoms with Crippen molar-refractivity contribution in [1.82, 2.24) is 10.3 Å². The van der Waals surface area contributed by atoms with E-state index in [9.17, 15) is 26.4 Å². The Labute approximate surface area is 230 Å². The number of amides is 1. The molecule has 3 aliphatic rings. The Morgan fingerprint density at radius 1 is 1.21 bits per heavy atom. The highest BCUT2D eigenvalue weighted by Gasteiger charge is 2.48. The van der Waals surface area contributed by atoms with Gasteiger partial charge in [0.1, 0.15) is 12.2 Å². The Morgan fingerprint density at radius 2 is 1.87 bits per heavy atom. The minimum atomic E-state index is -3.01. The van der Waals surface area contributed by atoms with Gasteiger partial charge in [0.25, 0.3) is 0 Å². The van der Waals surface area contributed by atoms with Gasteiger partial charge in [-0.2, -0.15) is 5.26 Å². The van der Waals surface area contributed by atoms with E-state index in [4.69, 9.17) is 10.2 Å². The number of anilines is 1. The molecule has 4 atom stereocenters. The molecule has 2 aliphatic carbocycles. The molecule has 7 nitrogen and oxygen atoms in total. The number of halogens is 3. The topological polar surface area (TPSA) is 103 Å². The second-order valence-electron chi connectivity index (χ2n) is 10.9. The number of thiazole rings is 1. The van der Waals surface area contributed by atoms with E-state index in [1.54, 1.807) is 6.92 Å². The lowest BCUT2D eigenvalue weighted by molar-refractivity contribution is -0.127. The van der Waals surface area contributed by atoms with Gasteiger partial charge >= 0.3 is 0 Å². The van der Waals surface area contributed by atoms with E-state index in [2.05, 4.69) is 5.32 Å². The van der Waals surface area contributed by atoms with E-state index in [1.165, 1.54) is 11.3 Å². The van der Waals surface area contributed by atoms with E-state index >= 15 is 0 Å². The van der Waals surface area contributed by atoms with Crippen molar-refractivity contribution in [3.05, 3.63) is 35.0 Å². The van der Waals surface area contributed by atoms with E-state index in [-0.39, 0.29) is 43.1 Å². The summed E-state index contributed by atoms with van der Waals surface area (Å²) in [5, 5.41) is 12.4. The zero-order valence-electron chi connectivity index (χ0n) is 21.6. The largest absolute Gasteiger partial charge is 0.369 e. The van der Waals surface area contributed by atoms with Crippen LogP contribution in [0.5, 0.6) is 0 Å². The number of nitrogens with zero attached hydrogens (tertiary/aromatic N) is 3. The highest BCUT2D eigenvalue weighted by Crippen LogP contribution is 2.52. The predicted octanol–water partition coefficient (Wildman–Crippen LogP) is 4.81. The number of aromatic nitrogens is 1. The van der Waals surface area contributed by atoms with Crippen LogP contribution in [0.1, 0.15) is 61.6 Å². The summed E-state index contributed by atoms with van der Waals surface area (Å²) in [7, 11) is -3.01. The van der Waals surface area contributed by atoms with Gasteiger partial charge in [-0.15, -0.1) is 11.3 Å². The van der Waals surface area contributed by atoms with Crippen LogP contribution >= 0.6 is 11.3 Å². The Bertz CT molecular complexity index is 1350. The minimum absolute atomic E-state index is 0.0131. The number of hydrogen-bond donors (Lipinski definition) is 1. The van der Waals surface area contributed by atoms with Crippen molar-refractivity contribution in [2.45, 2.75) is 69.0 Å². The van der Waals surface area contributed by atoms with Gasteiger partial charge in [-0.1, -0.05) is 12.1 Å². The van der Waals surface area contributed by atoms with Gasteiger partial charge < -0.3 is 10.2 Å². The molecular weight excluding hydrogens is 549 g/mol. The van der Waals surface area contributed by atoms with Crippen LogP contribution in [0.4, 0.5) is 18.9 Å². The van der Waals surface area contributed by atoms with Gasteiger partial charge in [0.05, 0.1) is 33.2 Å². The molecule has 210 valence electrons. The zero-order valence-corrected chi connectivity index (χ0v) is 23.2. The molecule has 1 saturated heterocycles. The normalized spacial score (nSPS) is 27.3. The highest BCUT2D eigenvalue weighted by atomic mass is 32.2. The van der Waals surface area contributed by atoms with Crippen molar-refractivity contribution in [1.29, 1.82) is 5.26 Å². The molecule has 0 radical (unpaired) electrons. The van der Waals surface area contributed by atoms with Crippen LogP contribution in [0.3, 0.4) is 0 Å². The van der Waals surface area contributed by atoms with Gasteiger partial charge in [0.2, 0.25) is 11.8 Å². The maximum Gasteiger partial charge on any atom is 0.249 e. The fourth-order valence-electron chi connectivity index (χ4n) is 5.70. The molecule has 0 bridgehead atoms. The molecule has 3 fully saturated rings. The summed E-state index contributed by atoms with van der Waals surface area (Å²) in [4.78, 5) is 20.7. The molecule has 2 aromatic rings. The molecule has 1 amide bonds. The van der Waals surface area contributed by atoms with Gasteiger partial charge in [-0.25, -0.2) is 26.6 Å². The molecular formula is C27H31F3N4O3S2. The van der Waals surface area contributed by atoms with Crippen LogP contribution in [0.25, 0.3) is 10.4 Å². The molecule has 1 aromatic heterocycles. The Morgan fingerprint density at radius 3 is 2.49 bits per heavy atom. The minimum Gasteiger partial charge on any atom is -0.369 e. The first kappa shape index (κ1) is 27.9. The number of nitriles is 1.